The summed E-state index contributed by atoms with van der Waals surface area (Å²) in [5.74, 6) is 0. The van der Waals surface area contributed by atoms with Gasteiger partial charge in [-0.3, -0.25) is 0 Å². The van der Waals surface area contributed by atoms with Gasteiger partial charge in [0.25, 0.3) is 0 Å². The normalized spacial score (nSPS) is 20.3. The number of aryl methyl sites for hydroxylation is 1. The van der Waals surface area contributed by atoms with Crippen molar-refractivity contribution in [2.75, 3.05) is 18.0 Å². The molecule has 0 amide bonds. The lowest BCUT2D eigenvalue weighted by atomic mass is 10.2. The second-order valence-corrected chi connectivity index (χ2v) is 6.04. The fourth-order valence-electron chi connectivity index (χ4n) is 2.38. The predicted octanol–water partition coefficient (Wildman–Crippen LogP) is 3.33. The molecule has 1 atom stereocenters. The number of hydrogen-bond acceptors (Lipinski definition) is 2. The summed E-state index contributed by atoms with van der Waals surface area (Å²) in [4.78, 5) is 2.46. The van der Waals surface area contributed by atoms with Gasteiger partial charge in [0.2, 0.25) is 0 Å². The largest absolute Gasteiger partial charge is 0.370 e. The first-order valence-electron chi connectivity index (χ1n) is 6.33. The molecule has 17 heavy (non-hydrogen) atoms. The Morgan fingerprint density at radius 3 is 2.82 bits per heavy atom. The van der Waals surface area contributed by atoms with Gasteiger partial charge in [0.1, 0.15) is 0 Å². The van der Waals surface area contributed by atoms with E-state index >= 15 is 0 Å². The Labute approximate surface area is 113 Å². The van der Waals surface area contributed by atoms with E-state index in [-0.39, 0.29) is 0 Å². The van der Waals surface area contributed by atoms with Crippen LogP contribution in [0.2, 0.25) is 0 Å². The van der Waals surface area contributed by atoms with Gasteiger partial charge in [-0.2, -0.15) is 0 Å². The van der Waals surface area contributed by atoms with Gasteiger partial charge in [0.15, 0.2) is 0 Å². The molecule has 1 saturated heterocycles. The number of halogens is 1. The Balaban J connectivity index is 2.02. The highest BCUT2D eigenvalue weighted by Crippen LogP contribution is 2.26. The van der Waals surface area contributed by atoms with Gasteiger partial charge < -0.3 is 10.2 Å². The van der Waals surface area contributed by atoms with Gasteiger partial charge >= 0.3 is 0 Å². The third kappa shape index (κ3) is 3.23. The number of anilines is 1. The van der Waals surface area contributed by atoms with Crippen LogP contribution in [-0.2, 0) is 0 Å². The first-order chi connectivity index (χ1) is 8.06. The van der Waals surface area contributed by atoms with Crippen molar-refractivity contribution < 1.29 is 0 Å². The second kappa shape index (κ2) is 5.40. The maximum Gasteiger partial charge on any atom is 0.0378 e. The van der Waals surface area contributed by atoms with Crippen LogP contribution in [-0.4, -0.2) is 25.2 Å². The van der Waals surface area contributed by atoms with E-state index in [0.29, 0.717) is 12.1 Å². The molecule has 1 aromatic carbocycles. The molecule has 2 nitrogen and oxygen atoms in total. The summed E-state index contributed by atoms with van der Waals surface area (Å²) in [7, 11) is 0. The topological polar surface area (TPSA) is 15.3 Å². The molecule has 3 heteroatoms. The van der Waals surface area contributed by atoms with Crippen molar-refractivity contribution in [3.05, 3.63) is 28.2 Å². The van der Waals surface area contributed by atoms with Crippen molar-refractivity contribution in [3.8, 4) is 0 Å². The van der Waals surface area contributed by atoms with Crippen LogP contribution in [0.4, 0.5) is 5.69 Å². The lowest BCUT2D eigenvalue weighted by molar-refractivity contribution is 0.492. The van der Waals surface area contributed by atoms with E-state index in [1.165, 1.54) is 22.1 Å². The molecule has 0 saturated carbocycles. The van der Waals surface area contributed by atoms with Crippen molar-refractivity contribution in [3.63, 3.8) is 0 Å². The molecule has 1 N–H and O–H groups in total. The Morgan fingerprint density at radius 1 is 1.41 bits per heavy atom. The average Bonchev–Trinajstić information content (AvgIpc) is 2.69. The number of benzene rings is 1. The monoisotopic (exact) mass is 296 g/mol. The maximum atomic E-state index is 3.61. The molecule has 1 aliphatic rings. The van der Waals surface area contributed by atoms with E-state index in [9.17, 15) is 0 Å². The summed E-state index contributed by atoms with van der Waals surface area (Å²) in [5.41, 5.74) is 2.63. The molecular weight excluding hydrogens is 276 g/mol. The molecule has 1 aliphatic heterocycles. The van der Waals surface area contributed by atoms with E-state index in [1.54, 1.807) is 0 Å². The van der Waals surface area contributed by atoms with Crippen molar-refractivity contribution in [1.82, 2.24) is 5.32 Å². The third-order valence-corrected chi connectivity index (χ3v) is 4.13. The van der Waals surface area contributed by atoms with Crippen molar-refractivity contribution in [1.29, 1.82) is 0 Å². The van der Waals surface area contributed by atoms with Gasteiger partial charge in [-0.05, 0) is 31.0 Å². The Hall–Kier alpha value is -0.540. The lowest BCUT2D eigenvalue weighted by Crippen LogP contribution is -2.37. The number of nitrogens with zero attached hydrogens (tertiary/aromatic N) is 1. The summed E-state index contributed by atoms with van der Waals surface area (Å²) in [6.07, 6.45) is 1.24. The van der Waals surface area contributed by atoms with Crippen molar-refractivity contribution in [2.24, 2.45) is 0 Å². The minimum atomic E-state index is 0.574. The van der Waals surface area contributed by atoms with Crippen LogP contribution >= 0.6 is 15.9 Å². The van der Waals surface area contributed by atoms with Gasteiger partial charge in [-0.25, -0.2) is 0 Å². The number of nitrogens with one attached hydrogen (secondary N) is 1. The molecule has 0 radical (unpaired) electrons. The predicted molar refractivity (Wildman–Crippen MR) is 77.8 cm³/mol. The van der Waals surface area contributed by atoms with E-state index < -0.39 is 0 Å². The second-order valence-electron chi connectivity index (χ2n) is 5.19. The molecule has 1 unspecified atom stereocenters. The average molecular weight is 297 g/mol. The zero-order valence-corrected chi connectivity index (χ0v) is 12.4. The van der Waals surface area contributed by atoms with Crippen LogP contribution in [0.15, 0.2) is 22.7 Å². The fourth-order valence-corrected chi connectivity index (χ4v) is 2.75. The standard InChI is InChI=1S/C14H21BrN2/c1-10(2)16-12-6-7-17(9-12)13-5-4-11(3)14(15)8-13/h4-5,8,10,12,16H,6-7,9H2,1-3H3. The molecule has 0 aliphatic carbocycles. The molecule has 1 fully saturated rings. The van der Waals surface area contributed by atoms with E-state index in [4.69, 9.17) is 0 Å². The van der Waals surface area contributed by atoms with Crippen LogP contribution < -0.4 is 10.2 Å². The van der Waals surface area contributed by atoms with E-state index in [2.05, 4.69) is 65.1 Å². The summed E-state index contributed by atoms with van der Waals surface area (Å²) in [6, 6.07) is 7.84. The van der Waals surface area contributed by atoms with Gasteiger partial charge in [0.05, 0.1) is 0 Å². The first kappa shape index (κ1) is 12.9. The Bertz CT molecular complexity index is 390. The zero-order valence-electron chi connectivity index (χ0n) is 10.8. The highest BCUT2D eigenvalue weighted by Gasteiger charge is 2.22. The molecule has 0 spiro atoms. The zero-order chi connectivity index (χ0) is 12.4. The van der Waals surface area contributed by atoms with Crippen molar-refractivity contribution in [2.45, 2.75) is 39.3 Å². The Kier molecular flexibility index (Phi) is 4.10. The van der Waals surface area contributed by atoms with E-state index in [0.717, 1.165) is 13.1 Å². The van der Waals surface area contributed by atoms with Crippen LogP contribution in [0.5, 0.6) is 0 Å². The lowest BCUT2D eigenvalue weighted by Gasteiger charge is -2.20. The molecule has 1 aromatic rings. The SMILES string of the molecule is Cc1ccc(N2CCC(NC(C)C)C2)cc1Br. The fraction of sp³-hybridized carbons (Fsp3) is 0.571. The molecular formula is C14H21BrN2. The van der Waals surface area contributed by atoms with Crippen LogP contribution in [0.3, 0.4) is 0 Å². The van der Waals surface area contributed by atoms with Gasteiger partial charge in [-0.1, -0.05) is 35.8 Å². The van der Waals surface area contributed by atoms with Crippen LogP contribution in [0.1, 0.15) is 25.8 Å². The maximum absolute atomic E-state index is 3.61. The highest BCUT2D eigenvalue weighted by atomic mass is 79.9. The summed E-state index contributed by atoms with van der Waals surface area (Å²) < 4.78 is 1.20. The molecule has 0 bridgehead atoms. The number of hydrogen-bond donors (Lipinski definition) is 1. The van der Waals surface area contributed by atoms with Crippen LogP contribution in [0.25, 0.3) is 0 Å². The number of rotatable bonds is 3. The Morgan fingerprint density at radius 2 is 2.18 bits per heavy atom. The molecule has 2 rings (SSSR count). The van der Waals surface area contributed by atoms with Crippen molar-refractivity contribution >= 4 is 21.6 Å². The highest BCUT2D eigenvalue weighted by molar-refractivity contribution is 9.10. The van der Waals surface area contributed by atoms with Gasteiger partial charge in [0, 0.05) is 35.3 Å². The summed E-state index contributed by atoms with van der Waals surface area (Å²) in [5, 5.41) is 3.61. The molecule has 0 aromatic heterocycles. The van der Waals surface area contributed by atoms with Crippen LogP contribution in [0, 0.1) is 6.92 Å². The van der Waals surface area contributed by atoms with Gasteiger partial charge in [-0.15, -0.1) is 0 Å². The smallest absolute Gasteiger partial charge is 0.0378 e. The third-order valence-electron chi connectivity index (χ3n) is 3.28. The minimum Gasteiger partial charge on any atom is -0.370 e. The summed E-state index contributed by atoms with van der Waals surface area (Å²) in [6.45, 7) is 8.82. The quantitative estimate of drug-likeness (QED) is 0.920. The molecule has 1 heterocycles. The minimum absolute atomic E-state index is 0.574. The first-order valence-corrected chi connectivity index (χ1v) is 7.12. The van der Waals surface area contributed by atoms with E-state index in [1.807, 2.05) is 0 Å². The molecule has 94 valence electrons. The summed E-state index contributed by atoms with van der Waals surface area (Å²) >= 11 is 3.61.